The van der Waals surface area contributed by atoms with Crippen LogP contribution >= 0.6 is 23.2 Å². The molecule has 1 unspecified atom stereocenters. The Bertz CT molecular complexity index is 1530. The van der Waals surface area contributed by atoms with Crippen LogP contribution < -0.4 is 10.0 Å². The number of hydrogen-bond acceptors (Lipinski definition) is 5. The molecule has 1 amide bonds. The van der Waals surface area contributed by atoms with E-state index in [-0.39, 0.29) is 33.8 Å². The predicted octanol–water partition coefficient (Wildman–Crippen LogP) is 5.11. The zero-order valence-corrected chi connectivity index (χ0v) is 23.0. The molecule has 202 valence electrons. The number of sulfonamides is 2. The van der Waals surface area contributed by atoms with Gasteiger partial charge in [-0.2, -0.15) is 0 Å². The Morgan fingerprint density at radius 2 is 1.61 bits per heavy atom. The summed E-state index contributed by atoms with van der Waals surface area (Å²) in [7, 11) is -7.65. The van der Waals surface area contributed by atoms with Crippen molar-refractivity contribution in [1.82, 2.24) is 4.31 Å². The van der Waals surface area contributed by atoms with Crippen molar-refractivity contribution < 1.29 is 26.0 Å². The molecule has 0 spiro atoms. The van der Waals surface area contributed by atoms with Gasteiger partial charge < -0.3 is 5.32 Å². The topological polar surface area (TPSA) is 113 Å². The minimum atomic E-state index is -3.92. The maximum Gasteiger partial charge on any atom is 0.261 e. The lowest BCUT2D eigenvalue weighted by molar-refractivity contribution is -0.120. The molecule has 8 nitrogen and oxygen atoms in total. The Kier molecular flexibility index (Phi) is 8.63. The average Bonchev–Trinajstić information content (AvgIpc) is 2.87. The molecule has 2 N–H and O–H groups in total. The van der Waals surface area contributed by atoms with Gasteiger partial charge in [0, 0.05) is 34.5 Å². The number of nitrogens with zero attached hydrogens (tertiary/aromatic N) is 1. The highest BCUT2D eigenvalue weighted by Crippen LogP contribution is 2.27. The molecule has 38 heavy (non-hydrogen) atoms. The molecule has 0 aromatic heterocycles. The molecule has 1 heterocycles. The van der Waals surface area contributed by atoms with Crippen molar-refractivity contribution in [2.45, 2.75) is 23.5 Å². The molecule has 0 saturated carbocycles. The highest BCUT2D eigenvalue weighted by molar-refractivity contribution is 7.92. The first-order valence-corrected chi connectivity index (χ1v) is 15.4. The minimum absolute atomic E-state index is 0.0213. The van der Waals surface area contributed by atoms with E-state index in [0.717, 1.165) is 12.1 Å². The molecular formula is C25H24Cl2FN3O5S2. The van der Waals surface area contributed by atoms with E-state index < -0.39 is 31.8 Å². The summed E-state index contributed by atoms with van der Waals surface area (Å²) in [5, 5.41) is 3.39. The van der Waals surface area contributed by atoms with E-state index >= 15 is 0 Å². The molecule has 3 aromatic rings. The van der Waals surface area contributed by atoms with Gasteiger partial charge in [0.15, 0.2) is 0 Å². The number of nitrogens with one attached hydrogen (secondary N) is 2. The maximum atomic E-state index is 13.1. The van der Waals surface area contributed by atoms with Crippen LogP contribution in [-0.2, 0) is 30.6 Å². The largest absolute Gasteiger partial charge is 0.326 e. The molecular weight excluding hydrogens is 576 g/mol. The molecule has 1 saturated heterocycles. The van der Waals surface area contributed by atoms with Crippen LogP contribution in [0.25, 0.3) is 0 Å². The van der Waals surface area contributed by atoms with Gasteiger partial charge in [0.05, 0.1) is 16.6 Å². The zero-order valence-electron chi connectivity index (χ0n) is 19.9. The van der Waals surface area contributed by atoms with E-state index in [2.05, 4.69) is 10.0 Å². The van der Waals surface area contributed by atoms with Crippen LogP contribution in [0.15, 0.2) is 71.6 Å². The first kappa shape index (κ1) is 28.3. The van der Waals surface area contributed by atoms with Crippen molar-refractivity contribution >= 4 is 60.5 Å². The van der Waals surface area contributed by atoms with Gasteiger partial charge in [0.2, 0.25) is 15.9 Å². The third-order valence-electron chi connectivity index (χ3n) is 6.03. The van der Waals surface area contributed by atoms with E-state index in [1.807, 2.05) is 0 Å². The van der Waals surface area contributed by atoms with Crippen LogP contribution in [0.3, 0.4) is 0 Å². The number of rotatable bonds is 8. The van der Waals surface area contributed by atoms with Crippen LogP contribution in [0.4, 0.5) is 15.8 Å². The lowest BCUT2D eigenvalue weighted by atomic mass is 9.99. The summed E-state index contributed by atoms with van der Waals surface area (Å²) in [5.74, 6) is -1.74. The molecule has 1 fully saturated rings. The van der Waals surface area contributed by atoms with Crippen molar-refractivity contribution in [3.63, 3.8) is 0 Å². The number of carbonyl (C=O) groups is 1. The fourth-order valence-electron chi connectivity index (χ4n) is 4.03. The third-order valence-corrected chi connectivity index (χ3v) is 9.81. The predicted molar refractivity (Wildman–Crippen MR) is 146 cm³/mol. The quantitative estimate of drug-likeness (QED) is 0.373. The maximum absolute atomic E-state index is 13.1. The summed E-state index contributed by atoms with van der Waals surface area (Å²) in [6.07, 6.45) is 1.02. The number of piperidine rings is 1. The summed E-state index contributed by atoms with van der Waals surface area (Å²) in [6.45, 7) is 0.318. The van der Waals surface area contributed by atoms with Crippen LogP contribution in [0.1, 0.15) is 18.4 Å². The SMILES string of the molecule is O=C(Nc1ccc(S(=O)(=O)Nc2ccc(F)cc2)cc1)C1CCCN(S(=O)(=O)Cc2ccc(Cl)cc2Cl)C1. The zero-order chi connectivity index (χ0) is 27.5. The molecule has 3 aromatic carbocycles. The molecule has 1 atom stereocenters. The highest BCUT2D eigenvalue weighted by Gasteiger charge is 2.33. The lowest BCUT2D eigenvalue weighted by Crippen LogP contribution is -2.44. The van der Waals surface area contributed by atoms with Crippen molar-refractivity contribution in [2.75, 3.05) is 23.1 Å². The third kappa shape index (κ3) is 7.03. The summed E-state index contributed by atoms with van der Waals surface area (Å²) >= 11 is 12.0. The number of anilines is 2. The molecule has 0 aliphatic carbocycles. The normalized spacial score (nSPS) is 16.7. The molecule has 4 rings (SSSR count). The van der Waals surface area contributed by atoms with Gasteiger partial charge in [0.25, 0.3) is 10.0 Å². The lowest BCUT2D eigenvalue weighted by Gasteiger charge is -2.31. The van der Waals surface area contributed by atoms with Crippen LogP contribution in [0.2, 0.25) is 10.0 Å². The van der Waals surface area contributed by atoms with E-state index in [0.29, 0.717) is 35.7 Å². The number of carbonyl (C=O) groups excluding carboxylic acids is 1. The Morgan fingerprint density at radius 1 is 0.947 bits per heavy atom. The Morgan fingerprint density at radius 3 is 2.26 bits per heavy atom. The van der Waals surface area contributed by atoms with Crippen LogP contribution in [0, 0.1) is 11.7 Å². The second-order valence-electron chi connectivity index (χ2n) is 8.82. The Hall–Kier alpha value is -2.70. The molecule has 1 aliphatic heterocycles. The Balaban J connectivity index is 1.38. The van der Waals surface area contributed by atoms with Crippen LogP contribution in [0.5, 0.6) is 0 Å². The van der Waals surface area contributed by atoms with Gasteiger partial charge in [-0.1, -0.05) is 29.3 Å². The number of amides is 1. The van der Waals surface area contributed by atoms with Crippen molar-refractivity contribution in [3.05, 3.63) is 88.2 Å². The van der Waals surface area contributed by atoms with Crippen molar-refractivity contribution in [2.24, 2.45) is 5.92 Å². The van der Waals surface area contributed by atoms with Crippen molar-refractivity contribution in [3.8, 4) is 0 Å². The van der Waals surface area contributed by atoms with E-state index in [1.165, 1.54) is 46.8 Å². The second-order valence-corrected chi connectivity index (χ2v) is 13.3. The van der Waals surface area contributed by atoms with Gasteiger partial charge in [-0.3, -0.25) is 9.52 Å². The van der Waals surface area contributed by atoms with E-state index in [9.17, 15) is 26.0 Å². The summed E-state index contributed by atoms with van der Waals surface area (Å²) in [5.41, 5.74) is 0.995. The van der Waals surface area contributed by atoms with Gasteiger partial charge in [-0.15, -0.1) is 0 Å². The fraction of sp³-hybridized carbons (Fsp3) is 0.240. The summed E-state index contributed by atoms with van der Waals surface area (Å²) < 4.78 is 67.9. The first-order chi connectivity index (χ1) is 17.9. The molecule has 1 aliphatic rings. The minimum Gasteiger partial charge on any atom is -0.326 e. The van der Waals surface area contributed by atoms with Gasteiger partial charge in [0.1, 0.15) is 5.82 Å². The summed E-state index contributed by atoms with van der Waals surface area (Å²) in [4.78, 5) is 12.9. The van der Waals surface area contributed by atoms with E-state index in [1.54, 1.807) is 12.1 Å². The molecule has 0 radical (unpaired) electrons. The monoisotopic (exact) mass is 599 g/mol. The van der Waals surface area contributed by atoms with Gasteiger partial charge in [-0.05, 0) is 79.1 Å². The molecule has 13 heteroatoms. The van der Waals surface area contributed by atoms with Gasteiger partial charge in [-0.25, -0.2) is 25.5 Å². The first-order valence-electron chi connectivity index (χ1n) is 11.5. The number of hydrogen-bond donors (Lipinski definition) is 2. The van der Waals surface area contributed by atoms with Gasteiger partial charge >= 0.3 is 0 Å². The number of halogens is 3. The smallest absolute Gasteiger partial charge is 0.261 e. The average molecular weight is 601 g/mol. The fourth-order valence-corrected chi connectivity index (χ4v) is 7.28. The highest BCUT2D eigenvalue weighted by atomic mass is 35.5. The number of benzene rings is 3. The standard InChI is InChI=1S/C25H24Cl2FN3O5S2/c26-19-4-3-18(24(27)14-19)16-37(33,34)31-13-1-2-17(15-31)25(32)29-21-9-11-23(12-10-21)38(35,36)30-22-7-5-20(28)6-8-22/h3-12,14,17,30H,1-2,13,15-16H2,(H,29,32). The summed E-state index contributed by atoms with van der Waals surface area (Å²) in [6, 6.07) is 15.0. The second kappa shape index (κ2) is 11.6. The van der Waals surface area contributed by atoms with Crippen LogP contribution in [-0.4, -0.2) is 40.1 Å². The van der Waals surface area contributed by atoms with Crippen molar-refractivity contribution in [1.29, 1.82) is 0 Å². The van der Waals surface area contributed by atoms with E-state index in [4.69, 9.17) is 23.2 Å². The molecule has 0 bridgehead atoms. The Labute approximate surface area is 230 Å².